The largest absolute Gasteiger partial charge is 0.497 e. The Bertz CT molecular complexity index is 929. The number of thiophene rings is 1. The van der Waals surface area contributed by atoms with E-state index >= 15 is 0 Å². The van der Waals surface area contributed by atoms with Crippen molar-refractivity contribution in [2.45, 2.75) is 50.6 Å². The lowest BCUT2D eigenvalue weighted by Crippen LogP contribution is -2.45. The van der Waals surface area contributed by atoms with E-state index in [0.717, 1.165) is 13.0 Å². The smallest absolute Gasteiger partial charge is 0.222 e. The van der Waals surface area contributed by atoms with E-state index in [1.54, 1.807) is 30.6 Å². The molecule has 2 aliphatic heterocycles. The van der Waals surface area contributed by atoms with Crippen molar-refractivity contribution >= 4 is 23.2 Å². The Balaban J connectivity index is 1.45. The molecule has 0 saturated carbocycles. The average molecular weight is 417 g/mol. The molecule has 2 aromatic rings. The number of benzene rings is 1. The minimum absolute atomic E-state index is 0.0401. The lowest BCUT2D eigenvalue weighted by molar-refractivity contribution is -0.132. The van der Waals surface area contributed by atoms with Gasteiger partial charge in [0.2, 0.25) is 11.8 Å². The summed E-state index contributed by atoms with van der Waals surface area (Å²) in [5.41, 5.74) is 1.14. The third kappa shape index (κ3) is 4.29. The molecule has 4 rings (SSSR count). The first kappa shape index (κ1) is 19.9. The molecule has 154 valence electrons. The summed E-state index contributed by atoms with van der Waals surface area (Å²) in [6.45, 7) is 1.39. The van der Waals surface area contributed by atoms with Gasteiger partial charge in [0.1, 0.15) is 11.6 Å². The molecule has 2 amide bonds. The minimum Gasteiger partial charge on any atom is -0.497 e. The Morgan fingerprint density at radius 2 is 2.21 bits per heavy atom. The van der Waals surface area contributed by atoms with Gasteiger partial charge < -0.3 is 15.0 Å². The van der Waals surface area contributed by atoms with Gasteiger partial charge in [-0.05, 0) is 66.5 Å². The first-order valence-corrected chi connectivity index (χ1v) is 10.8. The highest BCUT2D eigenvalue weighted by atomic mass is 32.1. The van der Waals surface area contributed by atoms with E-state index in [9.17, 15) is 14.0 Å². The van der Waals surface area contributed by atoms with Gasteiger partial charge in [0.15, 0.2) is 0 Å². The van der Waals surface area contributed by atoms with E-state index < -0.39 is 5.54 Å². The summed E-state index contributed by atoms with van der Waals surface area (Å²) in [6.07, 6.45) is 3.10. The topological polar surface area (TPSA) is 58.6 Å². The van der Waals surface area contributed by atoms with E-state index in [0.29, 0.717) is 50.0 Å². The normalized spacial score (nSPS) is 21.0. The van der Waals surface area contributed by atoms with Gasteiger partial charge in [-0.15, -0.1) is 11.3 Å². The third-order valence-corrected chi connectivity index (χ3v) is 7.02. The van der Waals surface area contributed by atoms with Crippen molar-refractivity contribution in [1.82, 2.24) is 10.2 Å². The molecule has 1 aromatic heterocycles. The number of halogens is 1. The molecule has 0 spiro atoms. The van der Waals surface area contributed by atoms with Gasteiger partial charge in [0.05, 0.1) is 7.11 Å². The Morgan fingerprint density at radius 1 is 1.34 bits per heavy atom. The second kappa shape index (κ2) is 8.14. The zero-order valence-corrected chi connectivity index (χ0v) is 17.3. The first-order chi connectivity index (χ1) is 14.0. The van der Waals surface area contributed by atoms with Gasteiger partial charge in [-0.25, -0.2) is 4.39 Å². The van der Waals surface area contributed by atoms with Crippen LogP contribution in [0.3, 0.4) is 0 Å². The second-order valence-corrected chi connectivity index (χ2v) is 8.90. The average Bonchev–Trinajstić information content (AvgIpc) is 3.34. The van der Waals surface area contributed by atoms with Crippen LogP contribution < -0.4 is 10.1 Å². The monoisotopic (exact) mass is 416 g/mol. The van der Waals surface area contributed by atoms with Crippen molar-refractivity contribution in [2.75, 3.05) is 13.7 Å². The Morgan fingerprint density at radius 3 is 2.97 bits per heavy atom. The Hall–Kier alpha value is -2.41. The SMILES string of the molecule is COc1ccc(F)c(CC2(CCC(=O)N3CCc4sccc4C3)CCC(=O)N2)c1. The predicted molar refractivity (Wildman–Crippen MR) is 109 cm³/mol. The van der Waals surface area contributed by atoms with Crippen LogP contribution in [0.4, 0.5) is 4.39 Å². The molecule has 0 aliphatic carbocycles. The molecule has 29 heavy (non-hydrogen) atoms. The van der Waals surface area contributed by atoms with Crippen LogP contribution in [0.25, 0.3) is 0 Å². The molecule has 0 radical (unpaired) electrons. The number of fused-ring (bicyclic) bond motifs is 1. The van der Waals surface area contributed by atoms with Crippen molar-refractivity contribution < 1.29 is 18.7 Å². The number of hydrogen-bond acceptors (Lipinski definition) is 4. The number of rotatable bonds is 6. The lowest BCUT2D eigenvalue weighted by Gasteiger charge is -2.32. The van der Waals surface area contributed by atoms with Crippen LogP contribution in [0.1, 0.15) is 41.7 Å². The highest BCUT2D eigenvalue weighted by Crippen LogP contribution is 2.32. The Labute approximate surface area is 173 Å². The molecule has 1 saturated heterocycles. The quantitative estimate of drug-likeness (QED) is 0.785. The van der Waals surface area contributed by atoms with Crippen LogP contribution in [0.5, 0.6) is 5.75 Å². The number of nitrogens with one attached hydrogen (secondary N) is 1. The van der Waals surface area contributed by atoms with E-state index in [-0.39, 0.29) is 17.6 Å². The molecule has 3 heterocycles. The summed E-state index contributed by atoms with van der Waals surface area (Å²) in [6, 6.07) is 6.73. The summed E-state index contributed by atoms with van der Waals surface area (Å²) in [7, 11) is 1.54. The number of amides is 2. The van der Waals surface area contributed by atoms with Crippen LogP contribution in [0.15, 0.2) is 29.6 Å². The molecule has 0 bridgehead atoms. The van der Waals surface area contributed by atoms with Crippen LogP contribution in [0, 0.1) is 5.82 Å². The number of nitrogens with zero attached hydrogens (tertiary/aromatic N) is 1. The number of ether oxygens (including phenoxy) is 1. The number of hydrogen-bond donors (Lipinski definition) is 1. The van der Waals surface area contributed by atoms with E-state index in [4.69, 9.17) is 4.74 Å². The third-order valence-electron chi connectivity index (χ3n) is 5.99. The molecule has 1 unspecified atom stereocenters. The van der Waals surface area contributed by atoms with Crippen LogP contribution in [0.2, 0.25) is 0 Å². The minimum atomic E-state index is -0.594. The fraction of sp³-hybridized carbons (Fsp3) is 0.455. The highest BCUT2D eigenvalue weighted by Gasteiger charge is 2.39. The summed E-state index contributed by atoms with van der Waals surface area (Å²) >= 11 is 1.75. The lowest BCUT2D eigenvalue weighted by atomic mass is 9.84. The zero-order valence-electron chi connectivity index (χ0n) is 16.5. The molecular formula is C22H25FN2O3S. The highest BCUT2D eigenvalue weighted by molar-refractivity contribution is 7.10. The summed E-state index contributed by atoms with van der Waals surface area (Å²) in [5.74, 6) is 0.311. The van der Waals surface area contributed by atoms with Gasteiger partial charge in [-0.1, -0.05) is 0 Å². The maximum atomic E-state index is 14.4. The van der Waals surface area contributed by atoms with Crippen LogP contribution >= 0.6 is 11.3 Å². The van der Waals surface area contributed by atoms with E-state index in [2.05, 4.69) is 16.8 Å². The molecule has 1 atom stereocenters. The first-order valence-electron chi connectivity index (χ1n) is 9.94. The fourth-order valence-electron chi connectivity index (χ4n) is 4.33. The maximum Gasteiger partial charge on any atom is 0.222 e. The molecule has 7 heteroatoms. The van der Waals surface area contributed by atoms with Crippen molar-refractivity contribution in [3.05, 3.63) is 51.5 Å². The zero-order chi connectivity index (χ0) is 20.4. The van der Waals surface area contributed by atoms with Gasteiger partial charge in [0, 0.05) is 36.3 Å². The molecule has 2 aliphatic rings. The molecule has 1 N–H and O–H groups in total. The second-order valence-electron chi connectivity index (χ2n) is 7.90. The van der Waals surface area contributed by atoms with Crippen LogP contribution in [-0.4, -0.2) is 35.9 Å². The molecule has 1 aromatic carbocycles. The van der Waals surface area contributed by atoms with Gasteiger partial charge in [0.25, 0.3) is 0 Å². The van der Waals surface area contributed by atoms with Crippen molar-refractivity contribution in [2.24, 2.45) is 0 Å². The van der Waals surface area contributed by atoms with Crippen molar-refractivity contribution in [3.8, 4) is 5.75 Å². The predicted octanol–water partition coefficient (Wildman–Crippen LogP) is 3.45. The van der Waals surface area contributed by atoms with Gasteiger partial charge in [-0.2, -0.15) is 0 Å². The standard InChI is InChI=1S/C22H25FN2O3S/c1-28-17-2-3-18(23)16(12-17)13-22(8-4-20(26)24-22)9-5-21(27)25-10-6-19-15(14-25)7-11-29-19/h2-3,7,11-12H,4-6,8-10,13-14H2,1H3,(H,24,26). The molecule has 1 fully saturated rings. The maximum absolute atomic E-state index is 14.4. The number of carbonyl (C=O) groups excluding carboxylic acids is 2. The summed E-state index contributed by atoms with van der Waals surface area (Å²) < 4.78 is 19.6. The van der Waals surface area contributed by atoms with Crippen molar-refractivity contribution in [1.29, 1.82) is 0 Å². The van der Waals surface area contributed by atoms with Gasteiger partial charge in [-0.3, -0.25) is 9.59 Å². The number of methoxy groups -OCH3 is 1. The Kier molecular flexibility index (Phi) is 5.58. The molecular weight excluding hydrogens is 391 g/mol. The summed E-state index contributed by atoms with van der Waals surface area (Å²) in [5, 5.41) is 5.11. The summed E-state index contributed by atoms with van der Waals surface area (Å²) in [4.78, 5) is 28.1. The molecule has 5 nitrogen and oxygen atoms in total. The van der Waals surface area contributed by atoms with Crippen molar-refractivity contribution in [3.63, 3.8) is 0 Å². The fourth-order valence-corrected chi connectivity index (χ4v) is 5.22. The van der Waals surface area contributed by atoms with Crippen LogP contribution in [-0.2, 0) is 29.0 Å². The number of carbonyl (C=O) groups is 2. The van der Waals surface area contributed by atoms with Gasteiger partial charge >= 0.3 is 0 Å². The van der Waals surface area contributed by atoms with E-state index in [1.807, 2.05) is 4.90 Å². The van der Waals surface area contributed by atoms with E-state index in [1.165, 1.54) is 16.5 Å².